The van der Waals surface area contributed by atoms with Crippen LogP contribution in [0.5, 0.6) is 0 Å². The van der Waals surface area contributed by atoms with Gasteiger partial charge in [0.2, 0.25) is 5.95 Å². The molecular formula is C19H29F2N5O5. The van der Waals surface area contributed by atoms with E-state index < -0.39 is 42.6 Å². The van der Waals surface area contributed by atoms with Gasteiger partial charge in [0.1, 0.15) is 12.2 Å². The lowest BCUT2D eigenvalue weighted by atomic mass is 9.96. The van der Waals surface area contributed by atoms with E-state index >= 15 is 0 Å². The largest absolute Gasteiger partial charge is 0.386 e. The van der Waals surface area contributed by atoms with E-state index in [0.717, 1.165) is 12.8 Å². The molecule has 1 aliphatic heterocycles. The monoisotopic (exact) mass is 445 g/mol. The van der Waals surface area contributed by atoms with Gasteiger partial charge in [-0.05, 0) is 12.8 Å². The summed E-state index contributed by atoms with van der Waals surface area (Å²) >= 11 is 0. The van der Waals surface area contributed by atoms with Gasteiger partial charge in [0.25, 0.3) is 12.0 Å². The highest BCUT2D eigenvalue weighted by Crippen LogP contribution is 2.43. The molecule has 4 atom stereocenters. The molecule has 2 aromatic heterocycles. The number of nitrogens with one attached hydrogen (secondary N) is 1. The van der Waals surface area contributed by atoms with Crippen molar-refractivity contribution < 1.29 is 28.1 Å². The Morgan fingerprint density at radius 2 is 2.06 bits per heavy atom. The first kappa shape index (κ1) is 23.5. The van der Waals surface area contributed by atoms with E-state index in [9.17, 15) is 18.7 Å². The molecule has 10 nitrogen and oxygen atoms in total. The SMILES string of the molecule is CCCCOC[C@@]1(C(F)F)O[C@@H](n2cnc3c(=O)[nH]c(N)nc32)[C@H](O)[C@@H]1OCCCC. The van der Waals surface area contributed by atoms with Gasteiger partial charge in [-0.1, -0.05) is 26.7 Å². The lowest BCUT2D eigenvalue weighted by Crippen LogP contribution is -2.54. The van der Waals surface area contributed by atoms with E-state index in [1.807, 2.05) is 13.8 Å². The van der Waals surface area contributed by atoms with Gasteiger partial charge in [-0.25, -0.2) is 13.8 Å². The van der Waals surface area contributed by atoms with Crippen LogP contribution >= 0.6 is 0 Å². The predicted octanol–water partition coefficient (Wildman–Crippen LogP) is 1.60. The first-order chi connectivity index (χ1) is 14.9. The molecule has 3 rings (SSSR count). The van der Waals surface area contributed by atoms with Gasteiger partial charge in [-0.2, -0.15) is 4.98 Å². The Balaban J connectivity index is 1.98. The standard InChI is InChI=1S/C19H29F2N5O5/c1-3-5-7-29-9-19(17(20)21)13(30-8-6-4-2)12(27)16(31-19)26-10-23-11-14(26)24-18(22)25-15(11)28/h10,12-13,16-17,27H,3-9H2,1-2H3,(H3,22,24,25,28)/t12-,13+,16-,19-/m1/s1. The van der Waals surface area contributed by atoms with Crippen LogP contribution in [-0.2, 0) is 14.2 Å². The second-order valence-electron chi connectivity index (χ2n) is 7.58. The Morgan fingerprint density at radius 3 is 2.74 bits per heavy atom. The molecule has 31 heavy (non-hydrogen) atoms. The van der Waals surface area contributed by atoms with Crippen molar-refractivity contribution in [3.8, 4) is 0 Å². The molecular weight excluding hydrogens is 416 g/mol. The fraction of sp³-hybridized carbons (Fsp3) is 0.737. The summed E-state index contributed by atoms with van der Waals surface area (Å²) in [4.78, 5) is 22.4. The maximum atomic E-state index is 14.4. The number of aliphatic hydroxyl groups excluding tert-OH is 1. The molecule has 12 heteroatoms. The molecule has 1 fully saturated rings. The van der Waals surface area contributed by atoms with Gasteiger partial charge >= 0.3 is 0 Å². The molecule has 0 radical (unpaired) electrons. The zero-order valence-electron chi connectivity index (χ0n) is 17.6. The second kappa shape index (κ2) is 9.98. The van der Waals surface area contributed by atoms with Crippen molar-refractivity contribution in [3.05, 3.63) is 16.7 Å². The van der Waals surface area contributed by atoms with E-state index in [2.05, 4.69) is 15.0 Å². The summed E-state index contributed by atoms with van der Waals surface area (Å²) in [5, 5.41) is 11.0. The average molecular weight is 445 g/mol. The number of imidazole rings is 1. The quantitative estimate of drug-likeness (QED) is 0.444. The summed E-state index contributed by atoms with van der Waals surface area (Å²) in [6, 6.07) is 0. The van der Waals surface area contributed by atoms with Crippen LogP contribution in [0.4, 0.5) is 14.7 Å². The van der Waals surface area contributed by atoms with E-state index in [1.165, 1.54) is 10.9 Å². The number of H-pyrrole nitrogens is 1. The van der Waals surface area contributed by atoms with Crippen LogP contribution in [-0.4, -0.2) is 68.7 Å². The van der Waals surface area contributed by atoms with Crippen LogP contribution < -0.4 is 11.3 Å². The van der Waals surface area contributed by atoms with Crippen LogP contribution in [0.15, 0.2) is 11.1 Å². The smallest absolute Gasteiger partial charge is 0.280 e. The zero-order chi connectivity index (χ0) is 22.6. The fourth-order valence-electron chi connectivity index (χ4n) is 3.58. The summed E-state index contributed by atoms with van der Waals surface area (Å²) in [7, 11) is 0. The zero-order valence-corrected chi connectivity index (χ0v) is 17.6. The number of unbranched alkanes of at least 4 members (excludes halogenated alkanes) is 2. The molecule has 0 aliphatic carbocycles. The molecule has 1 aliphatic rings. The number of aliphatic hydroxyl groups is 1. The Hall–Kier alpha value is -2.15. The van der Waals surface area contributed by atoms with Crippen molar-refractivity contribution in [1.82, 2.24) is 19.5 Å². The lowest BCUT2D eigenvalue weighted by Gasteiger charge is -2.33. The fourth-order valence-corrected chi connectivity index (χ4v) is 3.58. The molecule has 174 valence electrons. The van der Waals surface area contributed by atoms with Crippen molar-refractivity contribution in [2.75, 3.05) is 25.6 Å². The predicted molar refractivity (Wildman–Crippen MR) is 108 cm³/mol. The molecule has 4 N–H and O–H groups in total. The first-order valence-corrected chi connectivity index (χ1v) is 10.4. The number of halogens is 2. The number of fused-ring (bicyclic) bond motifs is 1. The number of nitrogens with two attached hydrogens (primary N) is 1. The van der Waals surface area contributed by atoms with Crippen molar-refractivity contribution in [3.63, 3.8) is 0 Å². The minimum atomic E-state index is -3.00. The van der Waals surface area contributed by atoms with Gasteiger partial charge < -0.3 is 25.1 Å². The van der Waals surface area contributed by atoms with E-state index in [-0.39, 0.29) is 30.3 Å². The summed E-state index contributed by atoms with van der Waals surface area (Å²) in [5.41, 5.74) is 2.78. The normalized spacial score (nSPS) is 26.3. The van der Waals surface area contributed by atoms with Gasteiger partial charge in [-0.3, -0.25) is 14.3 Å². The number of nitrogen functional groups attached to an aromatic ring is 1. The minimum Gasteiger partial charge on any atom is -0.386 e. The molecule has 0 aromatic carbocycles. The number of anilines is 1. The average Bonchev–Trinajstić information content (AvgIpc) is 3.26. The van der Waals surface area contributed by atoms with Gasteiger partial charge in [0.05, 0.1) is 12.9 Å². The van der Waals surface area contributed by atoms with Crippen molar-refractivity contribution in [2.45, 2.75) is 70.0 Å². The Bertz CT molecular complexity index is 923. The number of aromatic nitrogens is 4. The highest BCUT2D eigenvalue weighted by Gasteiger charge is 2.62. The topological polar surface area (TPSA) is 138 Å². The van der Waals surface area contributed by atoms with E-state index in [1.54, 1.807) is 0 Å². The van der Waals surface area contributed by atoms with Gasteiger partial charge in [0.15, 0.2) is 23.0 Å². The van der Waals surface area contributed by atoms with E-state index in [4.69, 9.17) is 19.9 Å². The van der Waals surface area contributed by atoms with Gasteiger partial charge in [-0.15, -0.1) is 0 Å². The number of alkyl halides is 2. The molecule has 0 unspecified atom stereocenters. The highest BCUT2D eigenvalue weighted by atomic mass is 19.3. The Morgan fingerprint density at radius 1 is 1.35 bits per heavy atom. The van der Waals surface area contributed by atoms with Crippen molar-refractivity contribution in [2.24, 2.45) is 0 Å². The molecule has 0 saturated carbocycles. The molecule has 2 aromatic rings. The van der Waals surface area contributed by atoms with Crippen molar-refractivity contribution >= 4 is 17.1 Å². The van der Waals surface area contributed by atoms with Crippen LogP contribution in [0.2, 0.25) is 0 Å². The Labute approximate surface area is 177 Å². The Kier molecular flexibility index (Phi) is 7.57. The lowest BCUT2D eigenvalue weighted by molar-refractivity contribution is -0.211. The second-order valence-corrected chi connectivity index (χ2v) is 7.58. The molecule has 1 saturated heterocycles. The van der Waals surface area contributed by atoms with E-state index in [0.29, 0.717) is 12.8 Å². The summed E-state index contributed by atoms with van der Waals surface area (Å²) in [6.45, 7) is 3.88. The molecule has 0 bridgehead atoms. The number of aromatic amines is 1. The van der Waals surface area contributed by atoms with Crippen LogP contribution in [0, 0.1) is 0 Å². The van der Waals surface area contributed by atoms with Gasteiger partial charge in [0, 0.05) is 13.2 Å². The minimum absolute atomic E-state index is 0.00887. The summed E-state index contributed by atoms with van der Waals surface area (Å²) in [5.74, 6) is -0.175. The maximum Gasteiger partial charge on any atom is 0.280 e. The number of hydrogen-bond donors (Lipinski definition) is 3. The third kappa shape index (κ3) is 4.56. The third-order valence-electron chi connectivity index (χ3n) is 5.28. The van der Waals surface area contributed by atoms with Crippen LogP contribution in [0.25, 0.3) is 11.2 Å². The molecule has 0 spiro atoms. The van der Waals surface area contributed by atoms with Crippen molar-refractivity contribution in [1.29, 1.82) is 0 Å². The van der Waals surface area contributed by atoms with Crippen LogP contribution in [0.3, 0.4) is 0 Å². The number of hydrogen-bond acceptors (Lipinski definition) is 8. The first-order valence-electron chi connectivity index (χ1n) is 10.4. The van der Waals surface area contributed by atoms with Crippen LogP contribution in [0.1, 0.15) is 45.8 Å². The summed E-state index contributed by atoms with van der Waals surface area (Å²) < 4.78 is 46.9. The number of nitrogens with zero attached hydrogens (tertiary/aromatic N) is 3. The molecule has 0 amide bonds. The molecule has 3 heterocycles. The summed E-state index contributed by atoms with van der Waals surface area (Å²) in [6.07, 6.45) is -3.01. The number of ether oxygens (including phenoxy) is 3. The third-order valence-corrected chi connectivity index (χ3v) is 5.28. The highest BCUT2D eigenvalue weighted by molar-refractivity contribution is 5.70. The number of rotatable bonds is 11. The maximum absolute atomic E-state index is 14.4.